The smallest absolute Gasteiger partial charge is 0.243 e. The van der Waals surface area contributed by atoms with E-state index in [9.17, 15) is 18.0 Å². The molecule has 0 saturated carbocycles. The normalized spacial score (nSPS) is 19.6. The van der Waals surface area contributed by atoms with Gasteiger partial charge in [-0.15, -0.1) is 0 Å². The number of carbonyl (C=O) groups excluding carboxylic acids is 2. The first-order chi connectivity index (χ1) is 14.9. The first kappa shape index (κ1) is 21.3. The SMILES string of the molecule is COc1cccc(N2CC(C(=O)Nc3cccc(S(=O)(=O)N4CCCC4)c3)CC2=O)c1. The fourth-order valence-electron chi connectivity index (χ4n) is 3.97. The molecular weight excluding hydrogens is 418 g/mol. The Balaban J connectivity index is 1.46. The molecule has 1 unspecified atom stereocenters. The number of hydrogen-bond acceptors (Lipinski definition) is 5. The largest absolute Gasteiger partial charge is 0.497 e. The van der Waals surface area contributed by atoms with Crippen LogP contribution in [-0.2, 0) is 19.6 Å². The van der Waals surface area contributed by atoms with Crippen LogP contribution in [-0.4, -0.2) is 51.3 Å². The van der Waals surface area contributed by atoms with Crippen molar-refractivity contribution in [2.24, 2.45) is 5.92 Å². The molecule has 1 N–H and O–H groups in total. The first-order valence-corrected chi connectivity index (χ1v) is 11.7. The average molecular weight is 444 g/mol. The van der Waals surface area contributed by atoms with Crippen molar-refractivity contribution in [2.45, 2.75) is 24.2 Å². The minimum Gasteiger partial charge on any atom is -0.497 e. The van der Waals surface area contributed by atoms with E-state index >= 15 is 0 Å². The molecule has 0 bridgehead atoms. The summed E-state index contributed by atoms with van der Waals surface area (Å²) in [6, 6.07) is 13.4. The number of nitrogens with one attached hydrogen (secondary N) is 1. The number of hydrogen-bond donors (Lipinski definition) is 1. The van der Waals surface area contributed by atoms with Gasteiger partial charge in [0.2, 0.25) is 21.8 Å². The molecule has 2 aliphatic rings. The zero-order chi connectivity index (χ0) is 22.0. The molecule has 8 nitrogen and oxygen atoms in total. The Bertz CT molecular complexity index is 1100. The quantitative estimate of drug-likeness (QED) is 0.740. The van der Waals surface area contributed by atoms with Crippen molar-refractivity contribution in [1.29, 1.82) is 0 Å². The predicted octanol–water partition coefficient (Wildman–Crippen LogP) is 2.47. The molecule has 2 aliphatic heterocycles. The van der Waals surface area contributed by atoms with Crippen molar-refractivity contribution in [3.8, 4) is 5.75 Å². The van der Waals surface area contributed by atoms with Gasteiger partial charge in [-0.25, -0.2) is 8.42 Å². The number of benzene rings is 2. The maximum absolute atomic E-state index is 12.8. The summed E-state index contributed by atoms with van der Waals surface area (Å²) >= 11 is 0. The summed E-state index contributed by atoms with van der Waals surface area (Å²) in [5, 5.41) is 2.78. The maximum atomic E-state index is 12.8. The Kier molecular flexibility index (Phi) is 5.97. The van der Waals surface area contributed by atoms with Gasteiger partial charge < -0.3 is 15.0 Å². The Morgan fingerprint density at radius 3 is 2.58 bits per heavy atom. The molecule has 2 amide bonds. The van der Waals surface area contributed by atoms with Gasteiger partial charge in [0.25, 0.3) is 0 Å². The molecular formula is C22H25N3O5S. The number of nitrogens with zero attached hydrogens (tertiary/aromatic N) is 2. The van der Waals surface area contributed by atoms with E-state index in [0.29, 0.717) is 30.2 Å². The molecule has 1 atom stereocenters. The molecule has 2 fully saturated rings. The highest BCUT2D eigenvalue weighted by Gasteiger charge is 2.35. The molecule has 164 valence electrons. The summed E-state index contributed by atoms with van der Waals surface area (Å²) in [5.74, 6) is -0.347. The van der Waals surface area contributed by atoms with Gasteiger partial charge in [-0.3, -0.25) is 9.59 Å². The average Bonchev–Trinajstić information content (AvgIpc) is 3.44. The van der Waals surface area contributed by atoms with Gasteiger partial charge in [-0.05, 0) is 43.2 Å². The van der Waals surface area contributed by atoms with Crippen LogP contribution in [0, 0.1) is 5.92 Å². The summed E-state index contributed by atoms with van der Waals surface area (Å²) in [6.07, 6.45) is 1.80. The monoisotopic (exact) mass is 443 g/mol. The number of anilines is 2. The van der Waals surface area contributed by atoms with Gasteiger partial charge in [0.1, 0.15) is 5.75 Å². The second-order valence-electron chi connectivity index (χ2n) is 7.74. The van der Waals surface area contributed by atoms with E-state index < -0.39 is 15.9 Å². The summed E-state index contributed by atoms with van der Waals surface area (Å²) < 4.78 is 32.2. The van der Waals surface area contributed by atoms with E-state index in [1.54, 1.807) is 48.4 Å². The molecule has 2 aromatic carbocycles. The third kappa shape index (κ3) is 4.42. The fraction of sp³-hybridized carbons (Fsp3) is 0.364. The molecule has 0 aromatic heterocycles. The molecule has 2 heterocycles. The van der Waals surface area contributed by atoms with E-state index in [4.69, 9.17) is 4.74 Å². The van der Waals surface area contributed by atoms with E-state index in [-0.39, 0.29) is 29.7 Å². The van der Waals surface area contributed by atoms with Crippen LogP contribution in [0.3, 0.4) is 0 Å². The van der Waals surface area contributed by atoms with Gasteiger partial charge >= 0.3 is 0 Å². The van der Waals surface area contributed by atoms with Gasteiger partial charge in [-0.2, -0.15) is 4.31 Å². The number of sulfonamides is 1. The summed E-state index contributed by atoms with van der Waals surface area (Å²) in [7, 11) is -2.01. The van der Waals surface area contributed by atoms with Crippen molar-refractivity contribution in [2.75, 3.05) is 37.0 Å². The molecule has 0 spiro atoms. The molecule has 2 saturated heterocycles. The summed E-state index contributed by atoms with van der Waals surface area (Å²) in [6.45, 7) is 1.29. The molecule has 31 heavy (non-hydrogen) atoms. The summed E-state index contributed by atoms with van der Waals surface area (Å²) in [5.41, 5.74) is 1.08. The number of amides is 2. The number of carbonyl (C=O) groups is 2. The topological polar surface area (TPSA) is 96.0 Å². The highest BCUT2D eigenvalue weighted by Crippen LogP contribution is 2.29. The second kappa shape index (κ2) is 8.68. The van der Waals surface area contributed by atoms with Crippen molar-refractivity contribution < 1.29 is 22.7 Å². The van der Waals surface area contributed by atoms with Gasteiger partial charge in [0.15, 0.2) is 0 Å². The first-order valence-electron chi connectivity index (χ1n) is 10.2. The van der Waals surface area contributed by atoms with Crippen molar-refractivity contribution >= 4 is 33.2 Å². The van der Waals surface area contributed by atoms with Crippen LogP contribution < -0.4 is 15.0 Å². The van der Waals surface area contributed by atoms with E-state index in [1.807, 2.05) is 0 Å². The van der Waals surface area contributed by atoms with E-state index in [2.05, 4.69) is 5.32 Å². The Morgan fingerprint density at radius 1 is 1.10 bits per heavy atom. The van der Waals surface area contributed by atoms with Crippen LogP contribution >= 0.6 is 0 Å². The lowest BCUT2D eigenvalue weighted by molar-refractivity contribution is -0.122. The highest BCUT2D eigenvalue weighted by molar-refractivity contribution is 7.89. The van der Waals surface area contributed by atoms with E-state index in [1.165, 1.54) is 16.4 Å². The predicted molar refractivity (Wildman–Crippen MR) is 117 cm³/mol. The molecule has 0 aliphatic carbocycles. The van der Waals surface area contributed by atoms with Crippen LogP contribution in [0.4, 0.5) is 11.4 Å². The minimum atomic E-state index is -3.57. The lowest BCUT2D eigenvalue weighted by atomic mass is 10.1. The van der Waals surface area contributed by atoms with Crippen LogP contribution in [0.1, 0.15) is 19.3 Å². The van der Waals surface area contributed by atoms with Crippen LogP contribution in [0.25, 0.3) is 0 Å². The minimum absolute atomic E-state index is 0.0921. The van der Waals surface area contributed by atoms with Gasteiger partial charge in [0, 0.05) is 43.5 Å². The third-order valence-electron chi connectivity index (χ3n) is 5.67. The standard InChI is InChI=1S/C22H25N3O5S/c1-30-19-8-5-7-18(14-19)25-15-16(12-21(25)26)22(27)23-17-6-4-9-20(13-17)31(28,29)24-10-2-3-11-24/h4-9,13-14,16H,2-3,10-12,15H2,1H3,(H,23,27). The Morgan fingerprint density at radius 2 is 1.84 bits per heavy atom. The molecule has 0 radical (unpaired) electrons. The summed E-state index contributed by atoms with van der Waals surface area (Å²) in [4.78, 5) is 27.0. The van der Waals surface area contributed by atoms with Crippen LogP contribution in [0.2, 0.25) is 0 Å². The fourth-order valence-corrected chi connectivity index (χ4v) is 5.53. The number of methoxy groups -OCH3 is 1. The number of rotatable bonds is 6. The van der Waals surface area contributed by atoms with E-state index in [0.717, 1.165) is 12.8 Å². The van der Waals surface area contributed by atoms with Crippen molar-refractivity contribution in [1.82, 2.24) is 4.31 Å². The highest BCUT2D eigenvalue weighted by atomic mass is 32.2. The van der Waals surface area contributed by atoms with Crippen LogP contribution in [0.15, 0.2) is 53.4 Å². The maximum Gasteiger partial charge on any atom is 0.243 e. The van der Waals surface area contributed by atoms with Crippen molar-refractivity contribution in [3.63, 3.8) is 0 Å². The lowest BCUT2D eigenvalue weighted by Crippen LogP contribution is -2.29. The zero-order valence-electron chi connectivity index (χ0n) is 17.3. The Labute approximate surface area is 181 Å². The van der Waals surface area contributed by atoms with Crippen molar-refractivity contribution in [3.05, 3.63) is 48.5 Å². The lowest BCUT2D eigenvalue weighted by Gasteiger charge is -2.18. The van der Waals surface area contributed by atoms with Gasteiger partial charge in [0.05, 0.1) is 17.9 Å². The Hall–Kier alpha value is -2.91. The molecule has 4 rings (SSSR count). The molecule has 9 heteroatoms. The van der Waals surface area contributed by atoms with Crippen LogP contribution in [0.5, 0.6) is 5.75 Å². The zero-order valence-corrected chi connectivity index (χ0v) is 18.1. The van der Waals surface area contributed by atoms with Gasteiger partial charge in [-0.1, -0.05) is 12.1 Å². The molecule has 2 aromatic rings. The second-order valence-corrected chi connectivity index (χ2v) is 9.67. The third-order valence-corrected chi connectivity index (χ3v) is 7.56. The number of ether oxygens (including phenoxy) is 1.